The molecule has 0 saturated heterocycles. The second-order valence-electron chi connectivity index (χ2n) is 3.64. The first kappa shape index (κ1) is 9.36. The molecule has 1 aliphatic carbocycles. The van der Waals surface area contributed by atoms with E-state index in [0.29, 0.717) is 5.41 Å². The van der Waals surface area contributed by atoms with E-state index >= 15 is 0 Å². The number of carbonyl (C=O) groups is 1. The Kier molecular flexibility index (Phi) is 2.95. The van der Waals surface area contributed by atoms with Crippen LogP contribution in [0.5, 0.6) is 0 Å². The lowest BCUT2D eigenvalue weighted by atomic mass is 9.67. The van der Waals surface area contributed by atoms with Gasteiger partial charge in [0, 0.05) is 13.6 Å². The second kappa shape index (κ2) is 3.78. The van der Waals surface area contributed by atoms with Gasteiger partial charge in [-0.2, -0.15) is 0 Å². The molecule has 0 bridgehead atoms. The first-order valence-electron chi connectivity index (χ1n) is 4.68. The number of amides is 2. The molecule has 3 nitrogen and oxygen atoms in total. The van der Waals surface area contributed by atoms with Crippen LogP contribution in [0.15, 0.2) is 0 Å². The Morgan fingerprint density at radius 2 is 2.17 bits per heavy atom. The predicted molar refractivity (Wildman–Crippen MR) is 49.0 cm³/mol. The van der Waals surface area contributed by atoms with Crippen molar-refractivity contribution in [2.24, 2.45) is 5.41 Å². The van der Waals surface area contributed by atoms with Crippen LogP contribution in [0.25, 0.3) is 0 Å². The van der Waals surface area contributed by atoms with Crippen LogP contribution < -0.4 is 10.6 Å². The third-order valence-corrected chi connectivity index (χ3v) is 3.02. The van der Waals surface area contributed by atoms with Crippen molar-refractivity contribution in [1.29, 1.82) is 0 Å². The Morgan fingerprint density at radius 1 is 1.50 bits per heavy atom. The van der Waals surface area contributed by atoms with E-state index < -0.39 is 0 Å². The minimum Gasteiger partial charge on any atom is -0.341 e. The molecule has 0 radical (unpaired) electrons. The monoisotopic (exact) mass is 170 g/mol. The van der Waals surface area contributed by atoms with Crippen molar-refractivity contribution >= 4 is 6.03 Å². The van der Waals surface area contributed by atoms with Gasteiger partial charge in [0.25, 0.3) is 0 Å². The van der Waals surface area contributed by atoms with Gasteiger partial charge in [-0.05, 0) is 24.7 Å². The Labute approximate surface area is 73.9 Å². The fourth-order valence-corrected chi connectivity index (χ4v) is 1.69. The average molecular weight is 170 g/mol. The summed E-state index contributed by atoms with van der Waals surface area (Å²) in [5, 5.41) is 5.44. The molecule has 0 aromatic rings. The summed E-state index contributed by atoms with van der Waals surface area (Å²) in [7, 11) is 1.65. The summed E-state index contributed by atoms with van der Waals surface area (Å²) >= 11 is 0. The topological polar surface area (TPSA) is 41.1 Å². The van der Waals surface area contributed by atoms with Crippen molar-refractivity contribution in [1.82, 2.24) is 10.6 Å². The van der Waals surface area contributed by atoms with Gasteiger partial charge in [-0.15, -0.1) is 0 Å². The molecule has 0 unspecified atom stereocenters. The van der Waals surface area contributed by atoms with Crippen LogP contribution in [0.3, 0.4) is 0 Å². The molecule has 0 aliphatic heterocycles. The molecule has 3 heteroatoms. The number of hydrogen-bond acceptors (Lipinski definition) is 1. The summed E-state index contributed by atoms with van der Waals surface area (Å²) in [6.45, 7) is 3.04. The molecule has 12 heavy (non-hydrogen) atoms. The minimum atomic E-state index is -0.0604. The van der Waals surface area contributed by atoms with Gasteiger partial charge in [-0.25, -0.2) is 4.79 Å². The molecule has 70 valence electrons. The first-order valence-corrected chi connectivity index (χ1v) is 4.68. The summed E-state index contributed by atoms with van der Waals surface area (Å²) in [6.07, 6.45) is 5.04. The SMILES string of the molecule is CCC1(CNC(=O)NC)CCC1. The molecule has 1 saturated carbocycles. The fourth-order valence-electron chi connectivity index (χ4n) is 1.69. The lowest BCUT2D eigenvalue weighted by Crippen LogP contribution is -2.44. The van der Waals surface area contributed by atoms with E-state index in [0.717, 1.165) is 6.54 Å². The second-order valence-corrected chi connectivity index (χ2v) is 3.64. The van der Waals surface area contributed by atoms with Crippen LogP contribution in [0.1, 0.15) is 32.6 Å². The third kappa shape index (κ3) is 1.90. The molecular weight excluding hydrogens is 152 g/mol. The molecular formula is C9H18N2O. The lowest BCUT2D eigenvalue weighted by Gasteiger charge is -2.41. The summed E-state index contributed by atoms with van der Waals surface area (Å²) < 4.78 is 0. The highest BCUT2D eigenvalue weighted by Gasteiger charge is 2.34. The molecule has 0 spiro atoms. The maximum Gasteiger partial charge on any atom is 0.314 e. The highest BCUT2D eigenvalue weighted by molar-refractivity contribution is 5.73. The smallest absolute Gasteiger partial charge is 0.314 e. The quantitative estimate of drug-likeness (QED) is 0.662. The van der Waals surface area contributed by atoms with E-state index in [2.05, 4.69) is 17.6 Å². The molecule has 1 aliphatic rings. The molecule has 2 amide bonds. The Bertz CT molecular complexity index is 158. The zero-order chi connectivity index (χ0) is 9.03. The molecule has 1 rings (SSSR count). The zero-order valence-corrected chi connectivity index (χ0v) is 7.94. The zero-order valence-electron chi connectivity index (χ0n) is 7.94. The lowest BCUT2D eigenvalue weighted by molar-refractivity contribution is 0.126. The van der Waals surface area contributed by atoms with Crippen LogP contribution in [0.2, 0.25) is 0 Å². The van der Waals surface area contributed by atoms with Gasteiger partial charge in [-0.3, -0.25) is 0 Å². The summed E-state index contributed by atoms with van der Waals surface area (Å²) in [4.78, 5) is 10.9. The molecule has 2 N–H and O–H groups in total. The molecule has 1 fully saturated rings. The van der Waals surface area contributed by atoms with E-state index in [9.17, 15) is 4.79 Å². The van der Waals surface area contributed by atoms with E-state index in [1.165, 1.54) is 25.7 Å². The van der Waals surface area contributed by atoms with Crippen LogP contribution in [-0.4, -0.2) is 19.6 Å². The third-order valence-electron chi connectivity index (χ3n) is 3.02. The van der Waals surface area contributed by atoms with Gasteiger partial charge in [0.1, 0.15) is 0 Å². The van der Waals surface area contributed by atoms with Gasteiger partial charge < -0.3 is 10.6 Å². The average Bonchev–Trinajstić information content (AvgIpc) is 2.03. The summed E-state index contributed by atoms with van der Waals surface area (Å²) in [5.41, 5.74) is 0.423. The van der Waals surface area contributed by atoms with Crippen molar-refractivity contribution in [3.05, 3.63) is 0 Å². The van der Waals surface area contributed by atoms with Gasteiger partial charge in [0.05, 0.1) is 0 Å². The van der Waals surface area contributed by atoms with Gasteiger partial charge >= 0.3 is 6.03 Å². The van der Waals surface area contributed by atoms with Crippen molar-refractivity contribution in [3.63, 3.8) is 0 Å². The van der Waals surface area contributed by atoms with Crippen LogP contribution in [0, 0.1) is 5.41 Å². The van der Waals surface area contributed by atoms with Crippen molar-refractivity contribution in [2.45, 2.75) is 32.6 Å². The number of urea groups is 1. The highest BCUT2D eigenvalue weighted by Crippen LogP contribution is 2.42. The summed E-state index contributed by atoms with van der Waals surface area (Å²) in [5.74, 6) is 0. The highest BCUT2D eigenvalue weighted by atomic mass is 16.2. The Balaban J connectivity index is 2.24. The predicted octanol–water partition coefficient (Wildman–Crippen LogP) is 1.50. The Hall–Kier alpha value is -0.730. The van der Waals surface area contributed by atoms with Crippen molar-refractivity contribution < 1.29 is 4.79 Å². The number of nitrogens with one attached hydrogen (secondary N) is 2. The van der Waals surface area contributed by atoms with E-state index in [-0.39, 0.29) is 6.03 Å². The van der Waals surface area contributed by atoms with E-state index in [1.54, 1.807) is 7.05 Å². The minimum absolute atomic E-state index is 0.0604. The molecule has 0 aromatic heterocycles. The number of hydrogen-bond donors (Lipinski definition) is 2. The van der Waals surface area contributed by atoms with Gasteiger partial charge in [0.2, 0.25) is 0 Å². The fraction of sp³-hybridized carbons (Fsp3) is 0.889. The maximum absolute atomic E-state index is 10.9. The van der Waals surface area contributed by atoms with Crippen molar-refractivity contribution in [3.8, 4) is 0 Å². The maximum atomic E-state index is 10.9. The number of carbonyl (C=O) groups excluding carboxylic acids is 1. The summed E-state index contributed by atoms with van der Waals surface area (Å²) in [6, 6.07) is -0.0604. The van der Waals surface area contributed by atoms with E-state index in [4.69, 9.17) is 0 Å². The molecule has 0 aromatic carbocycles. The molecule has 0 atom stereocenters. The first-order chi connectivity index (χ1) is 5.72. The van der Waals surface area contributed by atoms with Crippen molar-refractivity contribution in [2.75, 3.05) is 13.6 Å². The van der Waals surface area contributed by atoms with Crippen LogP contribution in [0.4, 0.5) is 4.79 Å². The van der Waals surface area contributed by atoms with Crippen LogP contribution in [-0.2, 0) is 0 Å². The van der Waals surface area contributed by atoms with Crippen LogP contribution >= 0.6 is 0 Å². The Morgan fingerprint density at radius 3 is 2.50 bits per heavy atom. The normalized spacial score (nSPS) is 19.5. The molecule has 0 heterocycles. The number of rotatable bonds is 3. The largest absolute Gasteiger partial charge is 0.341 e. The van der Waals surface area contributed by atoms with E-state index in [1.807, 2.05) is 0 Å². The van der Waals surface area contributed by atoms with Gasteiger partial charge in [0.15, 0.2) is 0 Å². The van der Waals surface area contributed by atoms with Gasteiger partial charge in [-0.1, -0.05) is 13.3 Å². The standard InChI is InChI=1S/C9H18N2O/c1-3-9(5-4-6-9)7-11-8(12)10-2/h3-7H2,1-2H3,(H2,10,11,12).